The summed E-state index contributed by atoms with van der Waals surface area (Å²) in [4.78, 5) is 48.7. The second kappa shape index (κ2) is 9.70. The van der Waals surface area contributed by atoms with Crippen LogP contribution in [0.3, 0.4) is 0 Å². The maximum atomic E-state index is 12.2. The van der Waals surface area contributed by atoms with E-state index in [2.05, 4.69) is 5.32 Å². The predicted molar refractivity (Wildman–Crippen MR) is 97.0 cm³/mol. The number of rotatable bonds is 6. The number of esters is 2. The molecule has 0 bridgehead atoms. The molecule has 1 saturated heterocycles. The highest BCUT2D eigenvalue weighted by atomic mass is 16.5. The third kappa shape index (κ3) is 6.09. The number of anilines is 1. The lowest BCUT2D eigenvalue weighted by atomic mass is 9.97. The van der Waals surface area contributed by atoms with Crippen molar-refractivity contribution < 1.29 is 28.7 Å². The molecule has 0 saturated carbocycles. The first kappa shape index (κ1) is 20.4. The van der Waals surface area contributed by atoms with Crippen LogP contribution in [0.25, 0.3) is 0 Å². The molecule has 0 atom stereocenters. The van der Waals surface area contributed by atoms with Gasteiger partial charge in [-0.25, -0.2) is 4.79 Å². The van der Waals surface area contributed by atoms with E-state index in [0.29, 0.717) is 38.2 Å². The number of amides is 2. The topological polar surface area (TPSA) is 102 Å². The van der Waals surface area contributed by atoms with Gasteiger partial charge in [-0.3, -0.25) is 14.4 Å². The standard InChI is InChI=1S/C19H24N2O6/c1-3-26-18(24)14-7-9-21(10-8-14)17(23)12-27-19(25)15-5-4-6-16(11-15)20-13(2)22/h4-6,11,14H,3,7-10,12H2,1-2H3,(H,20,22). The Balaban J connectivity index is 1.81. The van der Waals surface area contributed by atoms with Crippen molar-refractivity contribution in [2.45, 2.75) is 26.7 Å². The van der Waals surface area contributed by atoms with E-state index in [9.17, 15) is 19.2 Å². The highest BCUT2D eigenvalue weighted by Crippen LogP contribution is 2.19. The zero-order valence-corrected chi connectivity index (χ0v) is 15.5. The minimum atomic E-state index is -0.642. The lowest BCUT2D eigenvalue weighted by Crippen LogP contribution is -2.42. The third-order valence-corrected chi connectivity index (χ3v) is 4.21. The van der Waals surface area contributed by atoms with Crippen molar-refractivity contribution in [1.82, 2.24) is 4.90 Å². The van der Waals surface area contributed by atoms with Crippen molar-refractivity contribution in [3.63, 3.8) is 0 Å². The van der Waals surface area contributed by atoms with Gasteiger partial charge in [-0.1, -0.05) is 6.07 Å². The van der Waals surface area contributed by atoms with Gasteiger partial charge in [-0.15, -0.1) is 0 Å². The molecule has 1 aliphatic rings. The van der Waals surface area contributed by atoms with E-state index in [-0.39, 0.29) is 35.9 Å². The number of likely N-dealkylation sites (tertiary alicyclic amines) is 1. The van der Waals surface area contributed by atoms with Gasteiger partial charge >= 0.3 is 11.9 Å². The third-order valence-electron chi connectivity index (χ3n) is 4.21. The predicted octanol–water partition coefficient (Wildman–Crippen LogP) is 1.60. The van der Waals surface area contributed by atoms with Gasteiger partial charge in [-0.05, 0) is 38.0 Å². The molecule has 1 N–H and O–H groups in total. The molecule has 8 heteroatoms. The smallest absolute Gasteiger partial charge is 0.338 e. The molecule has 1 fully saturated rings. The number of ether oxygens (including phenoxy) is 2. The molecule has 146 valence electrons. The van der Waals surface area contributed by atoms with Crippen LogP contribution >= 0.6 is 0 Å². The van der Waals surface area contributed by atoms with Gasteiger partial charge in [-0.2, -0.15) is 0 Å². The summed E-state index contributed by atoms with van der Waals surface area (Å²) < 4.78 is 10.1. The van der Waals surface area contributed by atoms with Gasteiger partial charge in [0.2, 0.25) is 5.91 Å². The SMILES string of the molecule is CCOC(=O)C1CCN(C(=O)COC(=O)c2cccc(NC(C)=O)c2)CC1. The Morgan fingerprint density at radius 2 is 1.85 bits per heavy atom. The zero-order chi connectivity index (χ0) is 19.8. The Morgan fingerprint density at radius 1 is 1.15 bits per heavy atom. The molecule has 0 aromatic heterocycles. The van der Waals surface area contributed by atoms with Gasteiger partial charge in [0.05, 0.1) is 18.1 Å². The van der Waals surface area contributed by atoms with Crippen LogP contribution in [-0.2, 0) is 23.9 Å². The average Bonchev–Trinajstić information content (AvgIpc) is 2.66. The summed E-state index contributed by atoms with van der Waals surface area (Å²) >= 11 is 0. The number of nitrogens with zero attached hydrogens (tertiary/aromatic N) is 1. The molecule has 2 rings (SSSR count). The molecule has 1 aromatic carbocycles. The summed E-state index contributed by atoms with van der Waals surface area (Å²) in [5.41, 5.74) is 0.722. The van der Waals surface area contributed by atoms with Crippen molar-refractivity contribution in [1.29, 1.82) is 0 Å². The highest BCUT2D eigenvalue weighted by molar-refractivity contribution is 5.94. The second-order valence-corrected chi connectivity index (χ2v) is 6.25. The summed E-state index contributed by atoms with van der Waals surface area (Å²) in [5.74, 6) is -1.61. The number of benzene rings is 1. The highest BCUT2D eigenvalue weighted by Gasteiger charge is 2.28. The summed E-state index contributed by atoms with van der Waals surface area (Å²) in [5, 5.41) is 2.58. The van der Waals surface area contributed by atoms with E-state index < -0.39 is 5.97 Å². The fraction of sp³-hybridized carbons (Fsp3) is 0.474. The van der Waals surface area contributed by atoms with E-state index in [1.165, 1.54) is 13.0 Å². The zero-order valence-electron chi connectivity index (χ0n) is 15.5. The van der Waals surface area contributed by atoms with Crippen LogP contribution in [-0.4, -0.2) is 55.0 Å². The van der Waals surface area contributed by atoms with Crippen molar-refractivity contribution in [3.8, 4) is 0 Å². The van der Waals surface area contributed by atoms with Crippen molar-refractivity contribution in [3.05, 3.63) is 29.8 Å². The van der Waals surface area contributed by atoms with Gasteiger partial charge in [0.25, 0.3) is 5.91 Å². The van der Waals surface area contributed by atoms with Crippen LogP contribution in [0.5, 0.6) is 0 Å². The number of nitrogens with one attached hydrogen (secondary N) is 1. The van der Waals surface area contributed by atoms with Gasteiger partial charge < -0.3 is 19.7 Å². The first-order valence-electron chi connectivity index (χ1n) is 8.90. The van der Waals surface area contributed by atoms with Crippen molar-refractivity contribution >= 4 is 29.4 Å². The number of carbonyl (C=O) groups excluding carboxylic acids is 4. The van der Waals surface area contributed by atoms with E-state index in [1.807, 2.05) is 0 Å². The minimum Gasteiger partial charge on any atom is -0.466 e. The second-order valence-electron chi connectivity index (χ2n) is 6.25. The van der Waals surface area contributed by atoms with Crippen LogP contribution < -0.4 is 5.32 Å². The van der Waals surface area contributed by atoms with Crippen LogP contribution in [0.1, 0.15) is 37.0 Å². The maximum absolute atomic E-state index is 12.2. The lowest BCUT2D eigenvalue weighted by Gasteiger charge is -2.30. The van der Waals surface area contributed by atoms with E-state index in [0.717, 1.165) is 0 Å². The summed E-state index contributed by atoms with van der Waals surface area (Å²) in [6.07, 6.45) is 1.08. The molecule has 0 aliphatic carbocycles. The maximum Gasteiger partial charge on any atom is 0.338 e. The first-order valence-corrected chi connectivity index (χ1v) is 8.90. The van der Waals surface area contributed by atoms with Crippen LogP contribution in [0, 0.1) is 5.92 Å². The fourth-order valence-electron chi connectivity index (χ4n) is 2.85. The van der Waals surface area contributed by atoms with Gasteiger partial charge in [0.15, 0.2) is 6.61 Å². The molecule has 0 unspecified atom stereocenters. The molecule has 8 nitrogen and oxygen atoms in total. The summed E-state index contributed by atoms with van der Waals surface area (Å²) in [6, 6.07) is 6.29. The Morgan fingerprint density at radius 3 is 2.48 bits per heavy atom. The normalized spacial score (nSPS) is 14.4. The van der Waals surface area contributed by atoms with E-state index in [4.69, 9.17) is 9.47 Å². The number of carbonyl (C=O) groups is 4. The molecule has 1 heterocycles. The van der Waals surface area contributed by atoms with E-state index >= 15 is 0 Å². The quantitative estimate of drug-likeness (QED) is 0.757. The molecule has 27 heavy (non-hydrogen) atoms. The van der Waals surface area contributed by atoms with Crippen LogP contribution in [0.15, 0.2) is 24.3 Å². The average molecular weight is 376 g/mol. The van der Waals surface area contributed by atoms with Crippen LogP contribution in [0.2, 0.25) is 0 Å². The fourth-order valence-corrected chi connectivity index (χ4v) is 2.85. The van der Waals surface area contributed by atoms with E-state index in [1.54, 1.807) is 30.0 Å². The summed E-state index contributed by atoms with van der Waals surface area (Å²) in [7, 11) is 0. The summed E-state index contributed by atoms with van der Waals surface area (Å²) in [6.45, 7) is 3.96. The molecule has 1 aromatic rings. The van der Waals surface area contributed by atoms with Crippen molar-refractivity contribution in [2.24, 2.45) is 5.92 Å². The lowest BCUT2D eigenvalue weighted by molar-refractivity contribution is -0.151. The Hall–Kier alpha value is -2.90. The molecule has 2 amide bonds. The molecule has 0 radical (unpaired) electrons. The first-order chi connectivity index (χ1) is 12.9. The number of hydrogen-bond acceptors (Lipinski definition) is 6. The number of piperidine rings is 1. The molecular weight excluding hydrogens is 352 g/mol. The Labute approximate surface area is 157 Å². The molecule has 1 aliphatic heterocycles. The monoisotopic (exact) mass is 376 g/mol. The molecule has 0 spiro atoms. The largest absolute Gasteiger partial charge is 0.466 e. The minimum absolute atomic E-state index is 0.187. The van der Waals surface area contributed by atoms with Crippen molar-refractivity contribution in [2.75, 3.05) is 31.6 Å². The Bertz CT molecular complexity index is 710. The molecular formula is C19H24N2O6. The van der Waals surface area contributed by atoms with Crippen LogP contribution in [0.4, 0.5) is 5.69 Å². The van der Waals surface area contributed by atoms with Gasteiger partial charge in [0.1, 0.15) is 0 Å². The Kier molecular flexibility index (Phi) is 7.34. The number of hydrogen-bond donors (Lipinski definition) is 1. The van der Waals surface area contributed by atoms with Gasteiger partial charge in [0, 0.05) is 25.7 Å².